The summed E-state index contributed by atoms with van der Waals surface area (Å²) in [5, 5.41) is 5.83. The summed E-state index contributed by atoms with van der Waals surface area (Å²) < 4.78 is 0. The number of piperidine rings is 1. The number of nitrogens with one attached hydrogen (secondary N) is 2. The normalized spacial score (nSPS) is 15.8. The first kappa shape index (κ1) is 23.3. The molecule has 0 spiro atoms. The van der Waals surface area contributed by atoms with Crippen molar-refractivity contribution < 1.29 is 14.4 Å². The SMILES string of the molecule is Cc1cccc(NC(=O)N2CCCC(C(=O)N(C)CC(=O)Nc3c(C)cccc3C)C2)c1. The Morgan fingerprint density at radius 3 is 2.41 bits per heavy atom. The predicted octanol–water partition coefficient (Wildman–Crippen LogP) is 3.95. The van der Waals surface area contributed by atoms with E-state index in [0.717, 1.165) is 34.5 Å². The number of rotatable bonds is 5. The fourth-order valence-electron chi connectivity index (χ4n) is 4.08. The summed E-state index contributed by atoms with van der Waals surface area (Å²) in [5.74, 6) is -0.664. The fourth-order valence-corrected chi connectivity index (χ4v) is 4.08. The second kappa shape index (κ2) is 10.3. The number of benzene rings is 2. The van der Waals surface area contributed by atoms with E-state index in [1.54, 1.807) is 11.9 Å². The first-order valence-electron chi connectivity index (χ1n) is 11.0. The van der Waals surface area contributed by atoms with Crippen LogP contribution in [0.25, 0.3) is 0 Å². The van der Waals surface area contributed by atoms with Crippen LogP contribution in [0.2, 0.25) is 0 Å². The highest BCUT2D eigenvalue weighted by Crippen LogP contribution is 2.21. The minimum atomic E-state index is -0.315. The number of carbonyl (C=O) groups is 3. The van der Waals surface area contributed by atoms with Gasteiger partial charge in [0, 0.05) is 31.5 Å². The van der Waals surface area contributed by atoms with Crippen LogP contribution >= 0.6 is 0 Å². The molecule has 1 fully saturated rings. The Morgan fingerprint density at radius 1 is 1.03 bits per heavy atom. The number of aryl methyl sites for hydroxylation is 3. The van der Waals surface area contributed by atoms with E-state index >= 15 is 0 Å². The molecule has 1 aliphatic heterocycles. The average Bonchev–Trinajstić information content (AvgIpc) is 2.76. The average molecular weight is 437 g/mol. The highest BCUT2D eigenvalue weighted by atomic mass is 16.2. The van der Waals surface area contributed by atoms with E-state index in [-0.39, 0.29) is 30.3 Å². The quantitative estimate of drug-likeness (QED) is 0.745. The highest BCUT2D eigenvalue weighted by Gasteiger charge is 2.31. The number of para-hydroxylation sites is 1. The van der Waals surface area contributed by atoms with Gasteiger partial charge in [0.15, 0.2) is 0 Å². The lowest BCUT2D eigenvalue weighted by molar-refractivity contribution is -0.138. The van der Waals surface area contributed by atoms with E-state index in [0.29, 0.717) is 19.5 Å². The molecular weight excluding hydrogens is 404 g/mol. The smallest absolute Gasteiger partial charge is 0.321 e. The number of hydrogen-bond acceptors (Lipinski definition) is 3. The highest BCUT2D eigenvalue weighted by molar-refractivity contribution is 5.96. The van der Waals surface area contributed by atoms with Crippen LogP contribution in [0.1, 0.15) is 29.5 Å². The van der Waals surface area contributed by atoms with Gasteiger partial charge in [0.2, 0.25) is 11.8 Å². The van der Waals surface area contributed by atoms with Gasteiger partial charge in [-0.3, -0.25) is 9.59 Å². The van der Waals surface area contributed by atoms with Gasteiger partial charge in [0.25, 0.3) is 0 Å². The number of amides is 4. The van der Waals surface area contributed by atoms with Crippen molar-refractivity contribution in [1.82, 2.24) is 9.80 Å². The van der Waals surface area contributed by atoms with Gasteiger partial charge in [0.05, 0.1) is 12.5 Å². The second-order valence-corrected chi connectivity index (χ2v) is 8.59. The van der Waals surface area contributed by atoms with Crippen LogP contribution in [0.15, 0.2) is 42.5 Å². The van der Waals surface area contributed by atoms with Gasteiger partial charge in [-0.15, -0.1) is 0 Å². The third-order valence-electron chi connectivity index (χ3n) is 5.83. The Hall–Kier alpha value is -3.35. The molecule has 2 N–H and O–H groups in total. The van der Waals surface area contributed by atoms with E-state index in [2.05, 4.69) is 10.6 Å². The molecule has 170 valence electrons. The Labute approximate surface area is 189 Å². The molecule has 0 saturated carbocycles. The summed E-state index contributed by atoms with van der Waals surface area (Å²) in [5.41, 5.74) is 4.55. The fraction of sp³-hybridized carbons (Fsp3) is 0.400. The lowest BCUT2D eigenvalue weighted by Gasteiger charge is -2.33. The van der Waals surface area contributed by atoms with Crippen molar-refractivity contribution in [3.63, 3.8) is 0 Å². The molecule has 1 atom stereocenters. The molecule has 32 heavy (non-hydrogen) atoms. The van der Waals surface area contributed by atoms with Crippen LogP contribution in [-0.4, -0.2) is 54.3 Å². The number of hydrogen-bond donors (Lipinski definition) is 2. The van der Waals surface area contributed by atoms with Crippen molar-refractivity contribution >= 4 is 29.2 Å². The van der Waals surface area contributed by atoms with Crippen LogP contribution < -0.4 is 10.6 Å². The third kappa shape index (κ3) is 5.87. The number of urea groups is 1. The monoisotopic (exact) mass is 436 g/mol. The number of likely N-dealkylation sites (N-methyl/N-ethyl adjacent to an activating group) is 1. The molecule has 4 amide bonds. The lowest BCUT2D eigenvalue weighted by Crippen LogP contribution is -2.48. The van der Waals surface area contributed by atoms with Crippen molar-refractivity contribution in [3.8, 4) is 0 Å². The molecule has 0 bridgehead atoms. The lowest BCUT2D eigenvalue weighted by atomic mass is 9.97. The maximum Gasteiger partial charge on any atom is 0.321 e. The Kier molecular flexibility index (Phi) is 7.51. The zero-order valence-electron chi connectivity index (χ0n) is 19.3. The van der Waals surface area contributed by atoms with Crippen molar-refractivity contribution in [2.45, 2.75) is 33.6 Å². The van der Waals surface area contributed by atoms with E-state index in [1.165, 1.54) is 4.90 Å². The second-order valence-electron chi connectivity index (χ2n) is 8.59. The molecule has 0 radical (unpaired) electrons. The molecule has 3 rings (SSSR count). The van der Waals surface area contributed by atoms with Crippen LogP contribution in [-0.2, 0) is 9.59 Å². The molecule has 1 aliphatic rings. The predicted molar refractivity (Wildman–Crippen MR) is 127 cm³/mol. The van der Waals surface area contributed by atoms with Gasteiger partial charge in [-0.1, -0.05) is 30.3 Å². The molecule has 0 aliphatic carbocycles. The van der Waals surface area contributed by atoms with Gasteiger partial charge in [-0.25, -0.2) is 4.79 Å². The summed E-state index contributed by atoms with van der Waals surface area (Å²) in [6.07, 6.45) is 1.45. The molecule has 7 nitrogen and oxygen atoms in total. The largest absolute Gasteiger partial charge is 0.336 e. The summed E-state index contributed by atoms with van der Waals surface area (Å²) >= 11 is 0. The molecule has 2 aromatic rings. The van der Waals surface area contributed by atoms with E-state index < -0.39 is 0 Å². The maximum atomic E-state index is 13.0. The number of carbonyl (C=O) groups excluding carboxylic acids is 3. The minimum absolute atomic E-state index is 0.0292. The number of nitrogens with zero attached hydrogens (tertiary/aromatic N) is 2. The molecule has 2 aromatic carbocycles. The zero-order valence-corrected chi connectivity index (χ0v) is 19.3. The number of anilines is 2. The van der Waals surface area contributed by atoms with Gasteiger partial charge in [0.1, 0.15) is 0 Å². The summed E-state index contributed by atoms with van der Waals surface area (Å²) in [6.45, 7) is 6.78. The Morgan fingerprint density at radius 2 is 1.72 bits per heavy atom. The maximum absolute atomic E-state index is 13.0. The Bertz CT molecular complexity index is 984. The van der Waals surface area contributed by atoms with Crippen molar-refractivity contribution in [2.75, 3.05) is 37.3 Å². The van der Waals surface area contributed by atoms with Crippen molar-refractivity contribution in [3.05, 3.63) is 59.2 Å². The number of likely N-dealkylation sites (tertiary alicyclic amines) is 1. The van der Waals surface area contributed by atoms with E-state index in [4.69, 9.17) is 0 Å². The molecular formula is C25H32N4O3. The van der Waals surface area contributed by atoms with Crippen LogP contribution in [0.4, 0.5) is 16.2 Å². The van der Waals surface area contributed by atoms with E-state index in [9.17, 15) is 14.4 Å². The summed E-state index contributed by atoms with van der Waals surface area (Å²) in [6, 6.07) is 13.2. The molecule has 7 heteroatoms. The summed E-state index contributed by atoms with van der Waals surface area (Å²) in [7, 11) is 1.64. The molecule has 1 unspecified atom stereocenters. The van der Waals surface area contributed by atoms with E-state index in [1.807, 2.05) is 63.2 Å². The van der Waals surface area contributed by atoms with Gasteiger partial charge < -0.3 is 20.4 Å². The van der Waals surface area contributed by atoms with Crippen molar-refractivity contribution in [2.24, 2.45) is 5.92 Å². The molecule has 0 aromatic heterocycles. The van der Waals surface area contributed by atoms with Crippen LogP contribution in [0.3, 0.4) is 0 Å². The zero-order chi connectivity index (χ0) is 23.3. The first-order chi connectivity index (χ1) is 15.2. The molecule has 1 heterocycles. The standard InChI is InChI=1S/C25H32N4O3/c1-17-8-5-12-21(14-17)26-25(32)29-13-7-11-20(15-29)24(31)28(4)16-22(30)27-23-18(2)9-6-10-19(23)3/h5-6,8-10,12,14,20H,7,11,13,15-16H2,1-4H3,(H,26,32)(H,27,30). The Balaban J connectivity index is 1.55. The first-order valence-corrected chi connectivity index (χ1v) is 11.0. The van der Waals surface area contributed by atoms with Crippen molar-refractivity contribution in [1.29, 1.82) is 0 Å². The van der Waals surface area contributed by atoms with Gasteiger partial charge in [-0.2, -0.15) is 0 Å². The minimum Gasteiger partial charge on any atom is -0.336 e. The van der Waals surface area contributed by atoms with Crippen LogP contribution in [0.5, 0.6) is 0 Å². The molecule has 1 saturated heterocycles. The topological polar surface area (TPSA) is 81.8 Å². The van der Waals surface area contributed by atoms with Crippen LogP contribution in [0, 0.1) is 26.7 Å². The summed E-state index contributed by atoms with van der Waals surface area (Å²) in [4.78, 5) is 41.3. The van der Waals surface area contributed by atoms with Gasteiger partial charge in [-0.05, 0) is 62.4 Å². The third-order valence-corrected chi connectivity index (χ3v) is 5.83. The van der Waals surface area contributed by atoms with Gasteiger partial charge >= 0.3 is 6.03 Å².